The maximum Gasteiger partial charge on any atom is -0.00189 e. The van der Waals surface area contributed by atoms with Gasteiger partial charge in [-0.3, -0.25) is 0 Å². The van der Waals surface area contributed by atoms with E-state index in [1.54, 1.807) is 0 Å². The first kappa shape index (κ1) is 12.9. The van der Waals surface area contributed by atoms with Gasteiger partial charge in [-0.05, 0) is 58.3 Å². The Balaban J connectivity index is 3.05. The molecule has 0 rings (SSSR count). The third-order valence-corrected chi connectivity index (χ3v) is 2.39. The number of hydrogen-bond acceptors (Lipinski definition) is 2. The molecule has 13 heavy (non-hydrogen) atoms. The summed E-state index contributed by atoms with van der Waals surface area (Å²) in [7, 11) is 0. The fourth-order valence-corrected chi connectivity index (χ4v) is 1.41. The number of nitrogens with two attached hydrogens (primary N) is 1. The molecule has 0 aromatic heterocycles. The molecule has 0 bridgehead atoms. The first-order chi connectivity index (χ1) is 6.35. The van der Waals surface area contributed by atoms with E-state index >= 15 is 0 Å². The van der Waals surface area contributed by atoms with Gasteiger partial charge >= 0.3 is 0 Å². The van der Waals surface area contributed by atoms with E-state index in [1.165, 1.54) is 38.9 Å². The van der Waals surface area contributed by atoms with Gasteiger partial charge in [0, 0.05) is 0 Å². The largest absolute Gasteiger partial charge is 0.330 e. The summed E-state index contributed by atoms with van der Waals surface area (Å²) in [5.41, 5.74) is 5.41. The minimum absolute atomic E-state index is 0.826. The predicted molar refractivity (Wildman–Crippen MR) is 59.6 cm³/mol. The molecule has 0 atom stereocenters. The van der Waals surface area contributed by atoms with Gasteiger partial charge in [-0.25, -0.2) is 0 Å². The molecule has 0 aromatic carbocycles. The van der Waals surface area contributed by atoms with Gasteiger partial charge in [0.2, 0.25) is 0 Å². The average Bonchev–Trinajstić information content (AvgIpc) is 2.17. The summed E-state index contributed by atoms with van der Waals surface area (Å²) in [4.78, 5) is 2.47. The summed E-state index contributed by atoms with van der Waals surface area (Å²) in [6.45, 7) is 8.88. The van der Waals surface area contributed by atoms with Crippen LogP contribution >= 0.6 is 0 Å². The molecule has 0 saturated carbocycles. The lowest BCUT2D eigenvalue weighted by molar-refractivity contribution is 0.299. The molecule has 0 unspecified atom stereocenters. The molecule has 79 valence electrons. The van der Waals surface area contributed by atoms with Gasteiger partial charge in [0.05, 0.1) is 0 Å². The Morgan fingerprint density at radius 1 is 1.08 bits per heavy atom. The lowest BCUT2D eigenvalue weighted by Gasteiger charge is -2.17. The van der Waals surface area contributed by atoms with Crippen molar-refractivity contribution in [3.8, 4) is 0 Å². The van der Waals surface area contributed by atoms with Crippen molar-refractivity contribution < 1.29 is 0 Å². The third-order valence-electron chi connectivity index (χ3n) is 2.39. The minimum atomic E-state index is 0.826. The predicted octanol–water partition coefficient (Wildman–Crippen LogP) is 2.05. The zero-order valence-corrected chi connectivity index (χ0v) is 9.26. The van der Waals surface area contributed by atoms with E-state index in [0.29, 0.717) is 0 Å². The van der Waals surface area contributed by atoms with Crippen LogP contribution in [0.2, 0.25) is 0 Å². The van der Waals surface area contributed by atoms with Crippen molar-refractivity contribution in [1.29, 1.82) is 0 Å². The van der Waals surface area contributed by atoms with Crippen molar-refractivity contribution in [1.82, 2.24) is 4.90 Å². The summed E-state index contributed by atoms with van der Waals surface area (Å²) in [5, 5.41) is 0. The molecule has 2 N–H and O–H groups in total. The van der Waals surface area contributed by atoms with Crippen molar-refractivity contribution in [2.75, 3.05) is 26.2 Å². The highest BCUT2D eigenvalue weighted by atomic mass is 15.1. The van der Waals surface area contributed by atoms with E-state index in [9.17, 15) is 0 Å². The number of unbranched alkanes of at least 4 members (excludes halogenated alkanes) is 4. The van der Waals surface area contributed by atoms with E-state index in [1.807, 2.05) is 0 Å². The van der Waals surface area contributed by atoms with E-state index in [2.05, 4.69) is 25.2 Å². The Labute approximate surface area is 83.5 Å². The zero-order chi connectivity index (χ0) is 9.94. The average molecular weight is 185 g/mol. The van der Waals surface area contributed by atoms with Gasteiger partial charge < -0.3 is 10.6 Å². The molecule has 0 heterocycles. The Hall–Kier alpha value is -0.0800. The summed E-state index contributed by atoms with van der Waals surface area (Å²) in [6.07, 6.45) is 7.25. The van der Waals surface area contributed by atoms with Gasteiger partial charge in [0.25, 0.3) is 0 Å². The summed E-state index contributed by atoms with van der Waals surface area (Å²) >= 11 is 0. The fraction of sp³-hybridized carbons (Fsp3) is 0.909. The quantitative estimate of drug-likeness (QED) is 0.557. The normalized spacial score (nSPS) is 11.1. The number of rotatable bonds is 9. The fourth-order valence-electron chi connectivity index (χ4n) is 1.41. The number of hydrogen-bond donors (Lipinski definition) is 1. The van der Waals surface area contributed by atoms with Gasteiger partial charge in [-0.2, -0.15) is 0 Å². The lowest BCUT2D eigenvalue weighted by Crippen LogP contribution is -2.23. The first-order valence-electron chi connectivity index (χ1n) is 5.59. The molecule has 0 spiro atoms. The van der Waals surface area contributed by atoms with Gasteiger partial charge in [0.15, 0.2) is 0 Å². The molecular weight excluding hydrogens is 160 g/mol. The van der Waals surface area contributed by atoms with Crippen LogP contribution in [0.4, 0.5) is 0 Å². The van der Waals surface area contributed by atoms with Crippen LogP contribution in [0.1, 0.15) is 39.5 Å². The highest BCUT2D eigenvalue weighted by Crippen LogP contribution is 2.02. The Kier molecular flexibility index (Phi) is 9.94. The summed E-state index contributed by atoms with van der Waals surface area (Å²) in [6, 6.07) is 0. The third kappa shape index (κ3) is 8.26. The maximum atomic E-state index is 5.41. The topological polar surface area (TPSA) is 29.3 Å². The van der Waals surface area contributed by atoms with E-state index in [0.717, 1.165) is 13.0 Å². The molecule has 0 fully saturated rings. The van der Waals surface area contributed by atoms with Gasteiger partial charge in [-0.15, -0.1) is 0 Å². The van der Waals surface area contributed by atoms with Crippen molar-refractivity contribution in [3.63, 3.8) is 0 Å². The van der Waals surface area contributed by atoms with Crippen LogP contribution in [0.15, 0.2) is 0 Å². The van der Waals surface area contributed by atoms with E-state index < -0.39 is 0 Å². The minimum Gasteiger partial charge on any atom is -0.330 e. The highest BCUT2D eigenvalue weighted by molar-refractivity contribution is 4.66. The van der Waals surface area contributed by atoms with Crippen LogP contribution < -0.4 is 5.73 Å². The Bertz CT molecular complexity index is 90.1. The first-order valence-corrected chi connectivity index (χ1v) is 5.59. The molecule has 2 heteroatoms. The Morgan fingerprint density at radius 2 is 1.69 bits per heavy atom. The second kappa shape index (κ2) is 10.0. The van der Waals surface area contributed by atoms with Crippen LogP contribution in [0.25, 0.3) is 0 Å². The molecule has 1 radical (unpaired) electrons. The van der Waals surface area contributed by atoms with Crippen LogP contribution in [-0.2, 0) is 0 Å². The molecule has 0 aliphatic carbocycles. The maximum absolute atomic E-state index is 5.41. The second-order valence-electron chi connectivity index (χ2n) is 3.39. The lowest BCUT2D eigenvalue weighted by atomic mass is 10.1. The zero-order valence-electron chi connectivity index (χ0n) is 9.26. The molecule has 0 saturated heterocycles. The smallest absolute Gasteiger partial charge is 0.00189 e. The molecule has 0 aromatic rings. The standard InChI is InChI=1S/C11H25N2/c1-3-13(4-2)11-9-7-5-6-8-10-12/h5H,3-4,6-12H2,1-2H3. The second-order valence-corrected chi connectivity index (χ2v) is 3.39. The van der Waals surface area contributed by atoms with Crippen LogP contribution in [0.5, 0.6) is 0 Å². The van der Waals surface area contributed by atoms with Crippen molar-refractivity contribution in [2.24, 2.45) is 5.73 Å². The van der Waals surface area contributed by atoms with E-state index in [4.69, 9.17) is 5.73 Å². The number of nitrogens with zero attached hydrogens (tertiary/aromatic N) is 1. The summed E-state index contributed by atoms with van der Waals surface area (Å²) < 4.78 is 0. The van der Waals surface area contributed by atoms with Crippen molar-refractivity contribution in [3.05, 3.63) is 6.42 Å². The molecule has 0 amide bonds. The van der Waals surface area contributed by atoms with Crippen LogP contribution in [-0.4, -0.2) is 31.1 Å². The molecule has 0 aliphatic rings. The summed E-state index contributed by atoms with van der Waals surface area (Å²) in [5.74, 6) is 0. The van der Waals surface area contributed by atoms with Crippen molar-refractivity contribution >= 4 is 0 Å². The van der Waals surface area contributed by atoms with Crippen LogP contribution in [0, 0.1) is 6.42 Å². The molecule has 0 aliphatic heterocycles. The Morgan fingerprint density at radius 3 is 2.23 bits per heavy atom. The van der Waals surface area contributed by atoms with Crippen LogP contribution in [0.3, 0.4) is 0 Å². The van der Waals surface area contributed by atoms with Gasteiger partial charge in [0.1, 0.15) is 0 Å². The van der Waals surface area contributed by atoms with Gasteiger partial charge in [-0.1, -0.05) is 13.8 Å². The molecular formula is C11H25N2. The monoisotopic (exact) mass is 185 g/mol. The SMILES string of the molecule is CCN(CC)CCC[CH]CCCN. The highest BCUT2D eigenvalue weighted by Gasteiger charge is 1.97. The molecule has 2 nitrogen and oxygen atoms in total. The van der Waals surface area contributed by atoms with Crippen molar-refractivity contribution in [2.45, 2.75) is 39.5 Å². The van der Waals surface area contributed by atoms with E-state index in [-0.39, 0.29) is 0 Å².